The van der Waals surface area contributed by atoms with Gasteiger partial charge in [0.25, 0.3) is 10.1 Å². The summed E-state index contributed by atoms with van der Waals surface area (Å²) in [5, 5.41) is 1.58. The summed E-state index contributed by atoms with van der Waals surface area (Å²) >= 11 is 0. The average Bonchev–Trinajstić information content (AvgIpc) is 3.02. The molecule has 0 bridgehead atoms. The molecule has 1 aliphatic heterocycles. The number of nitrogens with zero attached hydrogens (tertiary/aromatic N) is 2. The number of anilines is 1. The molecular weight excluding hydrogens is 613 g/mol. The molecule has 2 aliphatic rings. The van der Waals surface area contributed by atoms with Crippen molar-refractivity contribution in [1.29, 1.82) is 0 Å². The quantitative estimate of drug-likeness (QED) is 0.0708. The van der Waals surface area contributed by atoms with E-state index < -0.39 is 25.0 Å². The minimum Gasteiger partial charge on any atom is -0.456 e. The fraction of sp³-hybridized carbons (Fsp3) is 0.424. The minimum atomic E-state index is -4.85. The summed E-state index contributed by atoms with van der Waals surface area (Å²) in [6.45, 7) is 12.2. The maximum Gasteiger partial charge on any atom is 0.295 e. The molecular formula is C33H45N4O6S2+. The molecule has 12 heteroatoms. The first kappa shape index (κ1) is 34.6. The van der Waals surface area contributed by atoms with E-state index in [0.29, 0.717) is 40.8 Å². The number of unbranched alkanes of at least 4 members (excludes halogenated alkanes) is 3. The van der Waals surface area contributed by atoms with E-state index in [-0.39, 0.29) is 17.0 Å². The molecule has 1 aliphatic carbocycles. The maximum atomic E-state index is 13.2. The Hall–Kier alpha value is -3.29. The number of hydrogen-bond acceptors (Lipinski definition) is 7. The highest BCUT2D eigenvalue weighted by Crippen LogP contribution is 2.43. The molecule has 0 atom stereocenters. The van der Waals surface area contributed by atoms with Gasteiger partial charge in [0.15, 0.2) is 0 Å². The molecule has 10 nitrogen and oxygen atoms in total. The van der Waals surface area contributed by atoms with Crippen molar-refractivity contribution in [3.05, 3.63) is 60.0 Å². The predicted octanol–water partition coefficient (Wildman–Crippen LogP) is 4.91. The molecule has 0 aromatic heterocycles. The third-order valence-electron chi connectivity index (χ3n) is 8.18. The second kappa shape index (κ2) is 14.9. The monoisotopic (exact) mass is 657 g/mol. The second-order valence-electron chi connectivity index (χ2n) is 10.9. The van der Waals surface area contributed by atoms with Gasteiger partial charge in [-0.25, -0.2) is 17.7 Å². The molecule has 4 N–H and O–H groups in total. The molecule has 0 amide bonds. The first-order valence-corrected chi connectivity index (χ1v) is 18.6. The van der Waals surface area contributed by atoms with Gasteiger partial charge in [-0.2, -0.15) is 8.42 Å². The van der Waals surface area contributed by atoms with Crippen LogP contribution in [0.5, 0.6) is 0 Å². The Morgan fingerprint density at radius 3 is 2.18 bits per heavy atom. The average molecular weight is 658 g/mol. The zero-order valence-electron chi connectivity index (χ0n) is 26.5. The van der Waals surface area contributed by atoms with Gasteiger partial charge in [0, 0.05) is 59.5 Å². The summed E-state index contributed by atoms with van der Waals surface area (Å²) in [5.41, 5.74) is 8.34. The summed E-state index contributed by atoms with van der Waals surface area (Å²) in [4.78, 5) is 1.44. The summed E-state index contributed by atoms with van der Waals surface area (Å²) in [6, 6.07) is 15.4. The van der Waals surface area contributed by atoms with E-state index in [0.717, 1.165) is 62.6 Å². The first-order chi connectivity index (χ1) is 21.5. The highest BCUT2D eigenvalue weighted by molar-refractivity contribution is 7.89. The van der Waals surface area contributed by atoms with Crippen molar-refractivity contribution < 1.29 is 25.8 Å². The Bertz CT molecular complexity index is 1890. The first-order valence-electron chi connectivity index (χ1n) is 15.6. The highest BCUT2D eigenvalue weighted by Gasteiger charge is 2.27. The Kier molecular flexibility index (Phi) is 11.4. The van der Waals surface area contributed by atoms with Crippen LogP contribution < -0.4 is 25.3 Å². The second-order valence-corrected chi connectivity index (χ2v) is 14.1. The Morgan fingerprint density at radius 2 is 1.53 bits per heavy atom. The number of fused-ring (bicyclic) bond motifs is 2. The SMILES string of the molecule is CCN(CC)c1ccc2c(-c3ccc(S(=O)(=O)NCCCCCCN)cc3S(=O)(=O)O)c3ccc(=[N+](CC)CC)cc-3oc2c1. The van der Waals surface area contributed by atoms with Gasteiger partial charge in [0.05, 0.1) is 11.0 Å². The number of nitrogens with one attached hydrogen (secondary N) is 1. The number of benzene rings is 3. The predicted molar refractivity (Wildman–Crippen MR) is 181 cm³/mol. The van der Waals surface area contributed by atoms with E-state index >= 15 is 0 Å². The molecule has 244 valence electrons. The van der Waals surface area contributed by atoms with Crippen LogP contribution in [0.25, 0.3) is 33.4 Å². The van der Waals surface area contributed by atoms with Gasteiger partial charge in [0.2, 0.25) is 15.4 Å². The van der Waals surface area contributed by atoms with Crippen LogP contribution in [0, 0.1) is 0 Å². The van der Waals surface area contributed by atoms with Crippen LogP contribution in [0.3, 0.4) is 0 Å². The maximum absolute atomic E-state index is 13.2. The molecule has 0 spiro atoms. The molecule has 2 aromatic carbocycles. The molecule has 4 rings (SSSR count). The lowest BCUT2D eigenvalue weighted by molar-refractivity contribution is 0.483. The van der Waals surface area contributed by atoms with Crippen LogP contribution in [0.2, 0.25) is 0 Å². The van der Waals surface area contributed by atoms with Gasteiger partial charge in [0.1, 0.15) is 29.3 Å². The summed E-state index contributed by atoms with van der Waals surface area (Å²) < 4.78 is 73.7. The van der Waals surface area contributed by atoms with E-state index in [1.54, 1.807) is 0 Å². The van der Waals surface area contributed by atoms with Crippen LogP contribution in [-0.4, -0.2) is 60.7 Å². The molecule has 2 aromatic rings. The molecule has 0 fully saturated rings. The van der Waals surface area contributed by atoms with Crippen LogP contribution in [0.1, 0.15) is 53.4 Å². The van der Waals surface area contributed by atoms with E-state index in [4.69, 9.17) is 10.2 Å². The van der Waals surface area contributed by atoms with E-state index in [1.165, 1.54) is 12.1 Å². The Balaban J connectivity index is 1.95. The van der Waals surface area contributed by atoms with Crippen molar-refractivity contribution in [1.82, 2.24) is 9.30 Å². The van der Waals surface area contributed by atoms with Crippen molar-refractivity contribution in [3.8, 4) is 22.5 Å². The molecule has 1 heterocycles. The lowest BCUT2D eigenvalue weighted by Crippen LogP contribution is -2.29. The van der Waals surface area contributed by atoms with Gasteiger partial charge in [-0.1, -0.05) is 18.9 Å². The minimum absolute atomic E-state index is 0.176. The van der Waals surface area contributed by atoms with Crippen molar-refractivity contribution in [2.75, 3.05) is 44.2 Å². The summed E-state index contributed by atoms with van der Waals surface area (Å²) in [5.74, 6) is 0.535. The van der Waals surface area contributed by atoms with Crippen LogP contribution in [-0.2, 0) is 20.1 Å². The van der Waals surface area contributed by atoms with Crippen molar-refractivity contribution in [2.45, 2.75) is 63.2 Å². The van der Waals surface area contributed by atoms with Gasteiger partial charge in [-0.15, -0.1) is 0 Å². The third-order valence-corrected chi connectivity index (χ3v) is 10.5. The lowest BCUT2D eigenvalue weighted by atomic mass is 9.93. The van der Waals surface area contributed by atoms with Crippen LogP contribution in [0.4, 0.5) is 5.69 Å². The zero-order valence-corrected chi connectivity index (χ0v) is 28.2. The number of rotatable bonds is 15. The van der Waals surface area contributed by atoms with Crippen molar-refractivity contribution >= 4 is 36.8 Å². The van der Waals surface area contributed by atoms with E-state index in [9.17, 15) is 21.4 Å². The van der Waals surface area contributed by atoms with Crippen LogP contribution in [0.15, 0.2) is 68.8 Å². The van der Waals surface area contributed by atoms with E-state index in [1.807, 2.05) is 36.4 Å². The highest BCUT2D eigenvalue weighted by atomic mass is 32.2. The Morgan fingerprint density at radius 1 is 0.844 bits per heavy atom. The third kappa shape index (κ3) is 7.75. The Labute approximate surface area is 266 Å². The largest absolute Gasteiger partial charge is 0.456 e. The standard InChI is InChI=1S/C33H44N4O6S2/c1-5-36(6-2)24-13-16-27-30(21-24)43-31-22-25(37(7-3)8-4)14-17-28(31)33(27)29-18-15-26(23-32(29)45(40,41)42)44(38,39)35-20-12-10-9-11-19-34/h13-18,21-23,35H,5-12,19-20,34H2,1-4H3/p+1. The number of hydrogen-bond donors (Lipinski definition) is 3. The van der Waals surface area contributed by atoms with Gasteiger partial charge in [-0.05, 0) is 77.4 Å². The van der Waals surface area contributed by atoms with Gasteiger partial charge in [-0.3, -0.25) is 4.55 Å². The number of nitrogens with two attached hydrogens (primary N) is 1. The smallest absolute Gasteiger partial charge is 0.295 e. The fourth-order valence-corrected chi connectivity index (χ4v) is 7.63. The molecule has 0 saturated heterocycles. The zero-order chi connectivity index (χ0) is 32.8. The lowest BCUT2D eigenvalue weighted by Gasteiger charge is -2.22. The number of sulfonamides is 1. The van der Waals surface area contributed by atoms with Crippen molar-refractivity contribution in [3.63, 3.8) is 0 Å². The normalized spacial score (nSPS) is 12.2. The molecule has 45 heavy (non-hydrogen) atoms. The van der Waals surface area contributed by atoms with E-state index in [2.05, 4.69) is 41.9 Å². The fourth-order valence-electron chi connectivity index (χ4n) is 5.73. The van der Waals surface area contributed by atoms with Gasteiger partial charge < -0.3 is 15.1 Å². The van der Waals surface area contributed by atoms with Crippen molar-refractivity contribution in [2.24, 2.45) is 5.73 Å². The molecule has 0 radical (unpaired) electrons. The van der Waals surface area contributed by atoms with Gasteiger partial charge >= 0.3 is 0 Å². The van der Waals surface area contributed by atoms with Crippen LogP contribution >= 0.6 is 0 Å². The molecule has 0 unspecified atom stereocenters. The topological polar surface area (TPSA) is 146 Å². The summed E-state index contributed by atoms with van der Waals surface area (Å²) in [6.07, 6.45) is 3.21. The summed E-state index contributed by atoms with van der Waals surface area (Å²) in [7, 11) is -8.89. The molecule has 0 saturated carbocycles.